The zero-order chi connectivity index (χ0) is 15.2. The van der Waals surface area contributed by atoms with Crippen molar-refractivity contribution in [1.82, 2.24) is 17.7 Å². The minimum Gasteiger partial charge on any atom is -0.750 e. The average molecular weight is 401 g/mol. The Balaban J connectivity index is 2.11. The Kier molecular flexibility index (Phi) is 5.68. The Bertz CT molecular complexity index is 592. The van der Waals surface area contributed by atoms with E-state index < -0.39 is 21.0 Å². The predicted octanol–water partition coefficient (Wildman–Crippen LogP) is 2.98. The molecule has 1 aromatic rings. The van der Waals surface area contributed by atoms with Crippen LogP contribution in [0.25, 0.3) is 5.57 Å². The predicted molar refractivity (Wildman–Crippen MR) is 93.0 cm³/mol. The maximum atomic E-state index is 12.2. The van der Waals surface area contributed by atoms with E-state index in [1.165, 1.54) is 17.1 Å². The number of carbonyl (C=O) groups excluding carboxylic acids is 1. The molecule has 21 heavy (non-hydrogen) atoms. The number of nitrogens with zero attached hydrogens (tertiary/aromatic N) is 4. The molecule has 1 aliphatic heterocycles. The van der Waals surface area contributed by atoms with Crippen LogP contribution < -0.4 is 0 Å². The van der Waals surface area contributed by atoms with Crippen LogP contribution in [0.4, 0.5) is 4.79 Å². The molecular weight excluding hydrogens is 383 g/mol. The maximum Gasteiger partial charge on any atom is 0.329 e. The van der Waals surface area contributed by atoms with E-state index in [2.05, 4.69) is 11.9 Å². The fourth-order valence-corrected chi connectivity index (χ4v) is 3.26. The molecule has 2 heterocycles. The van der Waals surface area contributed by atoms with Crippen LogP contribution in [-0.2, 0) is 0 Å². The molecular formula is C14H18IN4O2-. The number of hydrogen-bond donors (Lipinski definition) is 0. The van der Waals surface area contributed by atoms with Crippen molar-refractivity contribution in [1.29, 1.82) is 0 Å². The molecule has 0 fully saturated rings. The van der Waals surface area contributed by atoms with Gasteiger partial charge in [-0.3, -0.25) is 4.57 Å². The Labute approximate surface area is 134 Å². The number of allylic oxidation sites excluding steroid dienone is 3. The number of hydroxylamine groups is 1. The van der Waals surface area contributed by atoms with Gasteiger partial charge in [-0.2, -0.15) is 0 Å². The van der Waals surface area contributed by atoms with Gasteiger partial charge < -0.3 is 13.4 Å². The third kappa shape index (κ3) is 4.24. The second-order valence-corrected chi connectivity index (χ2v) is 6.80. The second-order valence-electron chi connectivity index (χ2n) is 4.67. The van der Waals surface area contributed by atoms with Gasteiger partial charge in [-0.05, 0) is 43.7 Å². The molecule has 0 aliphatic carbocycles. The van der Waals surface area contributed by atoms with Gasteiger partial charge in [-0.25, -0.2) is 9.78 Å². The lowest BCUT2D eigenvalue weighted by Crippen LogP contribution is -2.31. The van der Waals surface area contributed by atoms with E-state index in [9.17, 15) is 10.0 Å². The second kappa shape index (κ2) is 7.51. The van der Waals surface area contributed by atoms with Gasteiger partial charge in [0.15, 0.2) is 0 Å². The molecule has 0 bridgehead atoms. The zero-order valence-electron chi connectivity index (χ0n) is 12.1. The van der Waals surface area contributed by atoms with Crippen molar-refractivity contribution in [2.45, 2.75) is 19.8 Å². The van der Waals surface area contributed by atoms with Gasteiger partial charge in [0.1, 0.15) is 6.33 Å². The first-order chi connectivity index (χ1) is 10.1. The summed E-state index contributed by atoms with van der Waals surface area (Å²) in [5.41, 5.74) is 1.60. The van der Waals surface area contributed by atoms with Crippen molar-refractivity contribution < 1.29 is 4.79 Å². The highest BCUT2D eigenvalue weighted by Crippen LogP contribution is 2.18. The van der Waals surface area contributed by atoms with Crippen LogP contribution in [0.15, 0.2) is 30.9 Å². The van der Waals surface area contributed by atoms with E-state index in [0.717, 1.165) is 28.2 Å². The molecule has 2 rings (SSSR count). The third-order valence-electron chi connectivity index (χ3n) is 3.01. The summed E-state index contributed by atoms with van der Waals surface area (Å²) in [5, 5.41) is 11.3. The molecule has 7 heteroatoms. The Morgan fingerprint density at radius 2 is 2.33 bits per heavy atom. The molecule has 0 radical (unpaired) electrons. The summed E-state index contributed by atoms with van der Waals surface area (Å²) in [5.74, 6) is 0. The van der Waals surface area contributed by atoms with E-state index in [1.54, 1.807) is 24.2 Å². The highest BCUT2D eigenvalue weighted by atomic mass is 127. The topological polar surface area (TPSA) is 64.4 Å². The van der Waals surface area contributed by atoms with Crippen LogP contribution in [-0.4, -0.2) is 41.4 Å². The SMILES string of the molecule is CCCCN(C)C(=O)n1cnc(C2=CC=CN([O-])I=C2)c1. The molecule has 0 saturated heterocycles. The average Bonchev–Trinajstić information content (AvgIpc) is 2.87. The molecule has 1 amide bonds. The Hall–Kier alpha value is -1.48. The number of unbranched alkanes of at least 4 members (excludes halogenated alkanes) is 1. The summed E-state index contributed by atoms with van der Waals surface area (Å²) in [6.07, 6.45) is 10.3. The van der Waals surface area contributed by atoms with Crippen molar-refractivity contribution in [3.8, 4) is 0 Å². The summed E-state index contributed by atoms with van der Waals surface area (Å²) < 4.78 is 4.34. The fourth-order valence-electron chi connectivity index (χ4n) is 1.79. The van der Waals surface area contributed by atoms with Gasteiger partial charge in [-0.15, -0.1) is 0 Å². The van der Waals surface area contributed by atoms with E-state index >= 15 is 0 Å². The standard InChI is InChI=1S/C14H18IN4O2/c1-3-4-7-17(2)14(20)18-10-13(16-11-18)12-6-5-8-19(21)15-9-12/h5-6,8-11H,3-4,7H2,1-2H3/q-1. The summed E-state index contributed by atoms with van der Waals surface area (Å²) in [6.45, 7) is 2.83. The molecule has 0 unspecified atom stereocenters. The molecule has 0 saturated carbocycles. The van der Waals surface area contributed by atoms with Crippen molar-refractivity contribution in [3.05, 3.63) is 41.8 Å². The molecule has 0 N–H and O–H groups in total. The Morgan fingerprint density at radius 1 is 1.52 bits per heavy atom. The number of imidazole rings is 1. The minimum absolute atomic E-state index is 0.0906. The lowest BCUT2D eigenvalue weighted by Gasteiger charge is -2.17. The largest absolute Gasteiger partial charge is 0.750 e. The molecule has 0 aromatic carbocycles. The van der Waals surface area contributed by atoms with Crippen LogP contribution in [0.3, 0.4) is 0 Å². The molecule has 1 aromatic heterocycles. The van der Waals surface area contributed by atoms with Gasteiger partial charge in [0.2, 0.25) is 0 Å². The van der Waals surface area contributed by atoms with Gasteiger partial charge in [0.05, 0.1) is 5.69 Å². The van der Waals surface area contributed by atoms with E-state index in [-0.39, 0.29) is 6.03 Å². The number of aromatic nitrogens is 2. The monoisotopic (exact) mass is 401 g/mol. The lowest BCUT2D eigenvalue weighted by molar-refractivity contribution is 0.210. The number of hydrogen-bond acceptors (Lipinski definition) is 4. The van der Waals surface area contributed by atoms with E-state index in [4.69, 9.17) is 0 Å². The number of carbonyl (C=O) groups is 1. The summed E-state index contributed by atoms with van der Waals surface area (Å²) in [6, 6.07) is -0.0906. The lowest BCUT2D eigenvalue weighted by atomic mass is 10.2. The van der Waals surface area contributed by atoms with E-state index in [0.29, 0.717) is 5.69 Å². The first kappa shape index (κ1) is 15.9. The summed E-state index contributed by atoms with van der Waals surface area (Å²) >= 11 is -0.716. The van der Waals surface area contributed by atoms with Gasteiger partial charge in [0.25, 0.3) is 0 Å². The number of amides is 1. The Morgan fingerprint density at radius 3 is 3.10 bits per heavy atom. The summed E-state index contributed by atoms with van der Waals surface area (Å²) in [4.78, 5) is 18.2. The number of rotatable bonds is 4. The summed E-state index contributed by atoms with van der Waals surface area (Å²) in [7, 11) is 1.79. The normalized spacial score (nSPS) is 14.4. The first-order valence-corrected chi connectivity index (χ1v) is 8.94. The molecule has 0 atom stereocenters. The van der Waals surface area contributed by atoms with Crippen LogP contribution in [0.5, 0.6) is 0 Å². The van der Waals surface area contributed by atoms with Crippen LogP contribution >= 0.6 is 21.0 Å². The highest BCUT2D eigenvalue weighted by molar-refractivity contribution is 14.2. The van der Waals surface area contributed by atoms with Gasteiger partial charge in [-0.1, -0.05) is 19.4 Å². The van der Waals surface area contributed by atoms with Crippen LogP contribution in [0, 0.1) is 5.21 Å². The van der Waals surface area contributed by atoms with E-state index in [1.807, 2.05) is 10.1 Å². The number of halogens is 1. The highest BCUT2D eigenvalue weighted by Gasteiger charge is 2.12. The molecule has 0 spiro atoms. The third-order valence-corrected chi connectivity index (χ3v) is 4.83. The van der Waals surface area contributed by atoms with Gasteiger partial charge >= 0.3 is 6.03 Å². The van der Waals surface area contributed by atoms with Crippen molar-refractivity contribution >= 4 is 36.6 Å². The van der Waals surface area contributed by atoms with Crippen molar-refractivity contribution in [2.24, 2.45) is 0 Å². The van der Waals surface area contributed by atoms with Crippen LogP contribution in [0.2, 0.25) is 0 Å². The van der Waals surface area contributed by atoms with Crippen molar-refractivity contribution in [2.75, 3.05) is 13.6 Å². The molecule has 6 nitrogen and oxygen atoms in total. The quantitative estimate of drug-likeness (QED) is 0.575. The molecule has 114 valence electrons. The first-order valence-electron chi connectivity index (χ1n) is 6.73. The van der Waals surface area contributed by atoms with Gasteiger partial charge in [0, 0.05) is 25.4 Å². The zero-order valence-corrected chi connectivity index (χ0v) is 14.2. The smallest absolute Gasteiger partial charge is 0.329 e. The fraction of sp³-hybridized carbons (Fsp3) is 0.357. The molecule has 1 aliphatic rings. The maximum absolute atomic E-state index is 12.2. The van der Waals surface area contributed by atoms with Crippen molar-refractivity contribution in [3.63, 3.8) is 0 Å². The minimum atomic E-state index is -0.716. The van der Waals surface area contributed by atoms with Crippen LogP contribution in [0.1, 0.15) is 25.5 Å².